The van der Waals surface area contributed by atoms with Crippen LogP contribution in [0.5, 0.6) is 0 Å². The van der Waals surface area contributed by atoms with Gasteiger partial charge in [-0.2, -0.15) is 0 Å². The van der Waals surface area contributed by atoms with E-state index >= 15 is 0 Å². The van der Waals surface area contributed by atoms with Gasteiger partial charge >= 0.3 is 0 Å². The van der Waals surface area contributed by atoms with Crippen LogP contribution < -0.4 is 5.73 Å². The Bertz CT molecular complexity index is 577. The molecule has 1 aliphatic carbocycles. The molecule has 2 aromatic carbocycles. The summed E-state index contributed by atoms with van der Waals surface area (Å²) < 4.78 is 13.7. The third-order valence-electron chi connectivity index (χ3n) is 3.72. The van der Waals surface area contributed by atoms with Crippen LogP contribution in [0.25, 0.3) is 0 Å². The summed E-state index contributed by atoms with van der Waals surface area (Å²) in [5.74, 6) is -0.231. The lowest BCUT2D eigenvalue weighted by Gasteiger charge is -2.14. The van der Waals surface area contributed by atoms with Crippen LogP contribution in [0.2, 0.25) is 0 Å². The van der Waals surface area contributed by atoms with Crippen molar-refractivity contribution in [3.63, 3.8) is 0 Å². The molecule has 0 fully saturated rings. The molecule has 18 heavy (non-hydrogen) atoms. The number of benzene rings is 2. The van der Waals surface area contributed by atoms with Gasteiger partial charge in [-0.15, -0.1) is 0 Å². The van der Waals surface area contributed by atoms with Crippen molar-refractivity contribution < 1.29 is 4.39 Å². The number of fused-ring (bicyclic) bond motifs is 1. The van der Waals surface area contributed by atoms with Crippen molar-refractivity contribution in [1.29, 1.82) is 0 Å². The van der Waals surface area contributed by atoms with E-state index in [1.807, 2.05) is 12.1 Å². The van der Waals surface area contributed by atoms with Crippen molar-refractivity contribution in [2.45, 2.75) is 25.3 Å². The summed E-state index contributed by atoms with van der Waals surface area (Å²) in [6.07, 6.45) is 3.49. The summed E-state index contributed by atoms with van der Waals surface area (Å²) in [7, 11) is 0. The highest BCUT2D eigenvalue weighted by Gasteiger charge is 2.16. The SMILES string of the molecule is NC(c1ccc2c(c1)CCC2)c1ccccc1F. The molecule has 0 spiro atoms. The fourth-order valence-corrected chi connectivity index (χ4v) is 2.69. The summed E-state index contributed by atoms with van der Waals surface area (Å²) in [6.45, 7) is 0. The zero-order chi connectivity index (χ0) is 12.5. The number of rotatable bonds is 2. The fraction of sp³-hybridized carbons (Fsp3) is 0.250. The molecule has 0 saturated carbocycles. The van der Waals surface area contributed by atoms with Crippen molar-refractivity contribution in [2.75, 3.05) is 0 Å². The molecule has 0 heterocycles. The van der Waals surface area contributed by atoms with E-state index in [0.717, 1.165) is 18.4 Å². The second kappa shape index (κ2) is 4.54. The van der Waals surface area contributed by atoms with Gasteiger partial charge in [0, 0.05) is 5.56 Å². The van der Waals surface area contributed by atoms with Crippen molar-refractivity contribution in [1.82, 2.24) is 0 Å². The first-order valence-electron chi connectivity index (χ1n) is 6.37. The third-order valence-corrected chi connectivity index (χ3v) is 3.72. The number of nitrogens with two attached hydrogens (primary N) is 1. The van der Waals surface area contributed by atoms with Crippen LogP contribution in [0.4, 0.5) is 4.39 Å². The van der Waals surface area contributed by atoms with Gasteiger partial charge < -0.3 is 5.73 Å². The lowest BCUT2D eigenvalue weighted by atomic mass is 9.96. The highest BCUT2D eigenvalue weighted by molar-refractivity contribution is 5.40. The normalized spacial score (nSPS) is 15.4. The average molecular weight is 241 g/mol. The van der Waals surface area contributed by atoms with Crippen LogP contribution in [-0.4, -0.2) is 0 Å². The maximum absolute atomic E-state index is 13.7. The number of aryl methyl sites for hydroxylation is 2. The van der Waals surface area contributed by atoms with E-state index < -0.39 is 0 Å². The standard InChI is InChI=1S/C16H16FN/c17-15-7-2-1-6-14(15)16(18)13-9-8-11-4-3-5-12(11)10-13/h1-2,6-10,16H,3-5,18H2. The summed E-state index contributed by atoms with van der Waals surface area (Å²) in [4.78, 5) is 0. The third kappa shape index (κ3) is 1.93. The molecule has 0 aromatic heterocycles. The van der Waals surface area contributed by atoms with Crippen LogP contribution in [0.3, 0.4) is 0 Å². The lowest BCUT2D eigenvalue weighted by Crippen LogP contribution is -2.13. The zero-order valence-corrected chi connectivity index (χ0v) is 10.2. The summed E-state index contributed by atoms with van der Waals surface area (Å²) in [5, 5.41) is 0. The number of halogens is 1. The second-order valence-electron chi connectivity index (χ2n) is 4.88. The molecule has 1 unspecified atom stereocenters. The molecule has 0 radical (unpaired) electrons. The highest BCUT2D eigenvalue weighted by Crippen LogP contribution is 2.28. The lowest BCUT2D eigenvalue weighted by molar-refractivity contribution is 0.599. The largest absolute Gasteiger partial charge is 0.320 e. The van der Waals surface area contributed by atoms with E-state index in [0.29, 0.717) is 5.56 Å². The Hall–Kier alpha value is -1.67. The maximum Gasteiger partial charge on any atom is 0.128 e. The topological polar surface area (TPSA) is 26.0 Å². The summed E-state index contributed by atoms with van der Waals surface area (Å²) in [5.41, 5.74) is 10.5. The van der Waals surface area contributed by atoms with Gasteiger partial charge in [0.05, 0.1) is 6.04 Å². The van der Waals surface area contributed by atoms with Crippen LogP contribution in [-0.2, 0) is 12.8 Å². The van der Waals surface area contributed by atoms with E-state index in [1.54, 1.807) is 12.1 Å². The van der Waals surface area contributed by atoms with Gasteiger partial charge in [-0.1, -0.05) is 36.4 Å². The van der Waals surface area contributed by atoms with Crippen LogP contribution in [0.1, 0.15) is 34.7 Å². The Balaban J connectivity index is 1.98. The van der Waals surface area contributed by atoms with E-state index in [1.165, 1.54) is 23.6 Å². The number of hydrogen-bond acceptors (Lipinski definition) is 1. The molecular weight excluding hydrogens is 225 g/mol. The van der Waals surface area contributed by atoms with E-state index in [2.05, 4.69) is 12.1 Å². The molecule has 92 valence electrons. The van der Waals surface area contributed by atoms with Crippen molar-refractivity contribution in [3.8, 4) is 0 Å². The van der Waals surface area contributed by atoms with Gasteiger partial charge in [0.2, 0.25) is 0 Å². The first kappa shape index (κ1) is 11.4. The summed E-state index contributed by atoms with van der Waals surface area (Å²) in [6, 6.07) is 12.7. The molecule has 1 atom stereocenters. The monoisotopic (exact) mass is 241 g/mol. The number of hydrogen-bond donors (Lipinski definition) is 1. The van der Waals surface area contributed by atoms with E-state index in [-0.39, 0.29) is 11.9 Å². The minimum Gasteiger partial charge on any atom is -0.320 e. The van der Waals surface area contributed by atoms with Crippen molar-refractivity contribution in [3.05, 3.63) is 70.5 Å². The first-order valence-corrected chi connectivity index (χ1v) is 6.37. The van der Waals surface area contributed by atoms with Gasteiger partial charge in [0.1, 0.15) is 5.82 Å². The molecule has 2 aromatic rings. The predicted molar refractivity (Wildman–Crippen MR) is 70.9 cm³/mol. The average Bonchev–Trinajstić information content (AvgIpc) is 2.85. The van der Waals surface area contributed by atoms with Crippen molar-refractivity contribution >= 4 is 0 Å². The minimum atomic E-state index is -0.378. The molecule has 1 nitrogen and oxygen atoms in total. The Kier molecular flexibility index (Phi) is 2.88. The molecule has 0 saturated heterocycles. The Labute approximate surface area is 106 Å². The van der Waals surface area contributed by atoms with E-state index in [9.17, 15) is 4.39 Å². The molecule has 2 heteroatoms. The fourth-order valence-electron chi connectivity index (χ4n) is 2.69. The van der Waals surface area contributed by atoms with E-state index in [4.69, 9.17) is 5.73 Å². The van der Waals surface area contributed by atoms with Gasteiger partial charge in [0.25, 0.3) is 0 Å². The minimum absolute atomic E-state index is 0.231. The van der Waals surface area contributed by atoms with Gasteiger partial charge in [-0.25, -0.2) is 4.39 Å². The summed E-state index contributed by atoms with van der Waals surface area (Å²) >= 11 is 0. The first-order chi connectivity index (χ1) is 8.75. The molecule has 0 bridgehead atoms. The highest BCUT2D eigenvalue weighted by atomic mass is 19.1. The van der Waals surface area contributed by atoms with Crippen LogP contribution >= 0.6 is 0 Å². The van der Waals surface area contributed by atoms with Crippen LogP contribution in [0.15, 0.2) is 42.5 Å². The van der Waals surface area contributed by atoms with Gasteiger partial charge in [0.15, 0.2) is 0 Å². The van der Waals surface area contributed by atoms with Crippen LogP contribution in [0, 0.1) is 5.82 Å². The Morgan fingerprint density at radius 2 is 1.78 bits per heavy atom. The predicted octanol–water partition coefficient (Wildman–Crippen LogP) is 3.36. The van der Waals surface area contributed by atoms with Crippen molar-refractivity contribution in [2.24, 2.45) is 5.73 Å². The molecule has 2 N–H and O–H groups in total. The van der Waals surface area contributed by atoms with Gasteiger partial charge in [-0.05, 0) is 42.0 Å². The molecule has 0 aliphatic heterocycles. The second-order valence-corrected chi connectivity index (χ2v) is 4.88. The van der Waals surface area contributed by atoms with Gasteiger partial charge in [-0.3, -0.25) is 0 Å². The zero-order valence-electron chi connectivity index (χ0n) is 10.2. The Morgan fingerprint density at radius 1 is 1.00 bits per heavy atom. The Morgan fingerprint density at radius 3 is 2.61 bits per heavy atom. The molecular formula is C16H16FN. The maximum atomic E-state index is 13.7. The quantitative estimate of drug-likeness (QED) is 0.857. The molecule has 0 amide bonds. The molecule has 3 rings (SSSR count). The molecule has 1 aliphatic rings. The smallest absolute Gasteiger partial charge is 0.128 e.